The standard InChI is InChI=1S/C19H22N2O5S/c1-2-3-10-20-19(22)14-4-6-15(7-5-14)21-27(23,24)16-8-9-17-18(13-16)26-12-11-25-17/h4-9,13,21H,2-3,10-12H2,1H3,(H,20,22). The van der Waals surface area contributed by atoms with Crippen LogP contribution in [0.15, 0.2) is 47.4 Å². The van der Waals surface area contributed by atoms with E-state index in [0.717, 1.165) is 12.8 Å². The predicted octanol–water partition coefficient (Wildman–Crippen LogP) is 2.79. The first kappa shape index (κ1) is 19.0. The number of hydrogen-bond donors (Lipinski definition) is 2. The maximum absolute atomic E-state index is 12.6. The second-order valence-corrected chi connectivity index (χ2v) is 7.78. The predicted molar refractivity (Wildman–Crippen MR) is 102 cm³/mol. The summed E-state index contributed by atoms with van der Waals surface area (Å²) in [7, 11) is -3.78. The number of sulfonamides is 1. The molecular weight excluding hydrogens is 368 g/mol. The maximum Gasteiger partial charge on any atom is 0.262 e. The molecule has 1 amide bonds. The van der Waals surface area contributed by atoms with E-state index >= 15 is 0 Å². The summed E-state index contributed by atoms with van der Waals surface area (Å²) < 4.78 is 38.5. The van der Waals surface area contributed by atoms with E-state index in [1.807, 2.05) is 0 Å². The summed E-state index contributed by atoms with van der Waals surface area (Å²) in [6.45, 7) is 3.49. The lowest BCUT2D eigenvalue weighted by Gasteiger charge is -2.19. The van der Waals surface area contributed by atoms with E-state index in [-0.39, 0.29) is 10.8 Å². The number of anilines is 1. The molecule has 2 aromatic rings. The van der Waals surface area contributed by atoms with Crippen molar-refractivity contribution in [1.29, 1.82) is 0 Å². The second kappa shape index (κ2) is 8.30. The summed E-state index contributed by atoms with van der Waals surface area (Å²) in [6.07, 6.45) is 1.92. The summed E-state index contributed by atoms with van der Waals surface area (Å²) in [5, 5.41) is 2.82. The number of ether oxygens (including phenoxy) is 2. The SMILES string of the molecule is CCCCNC(=O)c1ccc(NS(=O)(=O)c2ccc3c(c2)OCCO3)cc1. The molecule has 8 heteroatoms. The molecule has 1 aliphatic heterocycles. The Morgan fingerprint density at radius 2 is 1.74 bits per heavy atom. The summed E-state index contributed by atoms with van der Waals surface area (Å²) in [4.78, 5) is 12.1. The Morgan fingerprint density at radius 3 is 2.44 bits per heavy atom. The molecule has 1 aliphatic rings. The number of carbonyl (C=O) groups is 1. The Morgan fingerprint density at radius 1 is 1.04 bits per heavy atom. The van der Waals surface area contributed by atoms with Gasteiger partial charge in [0.1, 0.15) is 13.2 Å². The van der Waals surface area contributed by atoms with E-state index in [0.29, 0.717) is 42.5 Å². The fourth-order valence-electron chi connectivity index (χ4n) is 2.58. The van der Waals surface area contributed by atoms with Gasteiger partial charge in [0, 0.05) is 23.9 Å². The highest BCUT2D eigenvalue weighted by molar-refractivity contribution is 7.92. The number of carbonyl (C=O) groups excluding carboxylic acids is 1. The van der Waals surface area contributed by atoms with Crippen LogP contribution >= 0.6 is 0 Å². The van der Waals surface area contributed by atoms with Gasteiger partial charge in [0.2, 0.25) is 0 Å². The van der Waals surface area contributed by atoms with Gasteiger partial charge in [-0.3, -0.25) is 9.52 Å². The van der Waals surface area contributed by atoms with Crippen molar-refractivity contribution in [3.8, 4) is 11.5 Å². The molecule has 0 spiro atoms. The van der Waals surface area contributed by atoms with Crippen LogP contribution in [0.5, 0.6) is 11.5 Å². The van der Waals surface area contributed by atoms with Gasteiger partial charge in [0.25, 0.3) is 15.9 Å². The molecule has 0 unspecified atom stereocenters. The molecule has 3 rings (SSSR count). The third kappa shape index (κ3) is 4.71. The molecule has 0 bridgehead atoms. The van der Waals surface area contributed by atoms with Gasteiger partial charge >= 0.3 is 0 Å². The Balaban J connectivity index is 1.69. The van der Waals surface area contributed by atoms with E-state index in [4.69, 9.17) is 9.47 Å². The van der Waals surface area contributed by atoms with Gasteiger partial charge in [-0.2, -0.15) is 0 Å². The van der Waals surface area contributed by atoms with Crippen LogP contribution in [0, 0.1) is 0 Å². The highest BCUT2D eigenvalue weighted by Crippen LogP contribution is 2.32. The lowest BCUT2D eigenvalue weighted by atomic mass is 10.2. The highest BCUT2D eigenvalue weighted by atomic mass is 32.2. The first-order valence-corrected chi connectivity index (χ1v) is 10.3. The molecule has 2 N–H and O–H groups in total. The van der Waals surface area contributed by atoms with Crippen molar-refractivity contribution in [2.24, 2.45) is 0 Å². The zero-order valence-electron chi connectivity index (χ0n) is 15.0. The third-order valence-corrected chi connectivity index (χ3v) is 5.42. The van der Waals surface area contributed by atoms with Crippen LogP contribution in [0.25, 0.3) is 0 Å². The normalized spacial score (nSPS) is 13.1. The molecule has 1 heterocycles. The smallest absolute Gasteiger partial charge is 0.262 e. The monoisotopic (exact) mass is 390 g/mol. The van der Waals surface area contributed by atoms with Gasteiger partial charge < -0.3 is 14.8 Å². The summed E-state index contributed by atoms with van der Waals surface area (Å²) >= 11 is 0. The highest BCUT2D eigenvalue weighted by Gasteiger charge is 2.19. The minimum Gasteiger partial charge on any atom is -0.486 e. The number of benzene rings is 2. The lowest BCUT2D eigenvalue weighted by Crippen LogP contribution is -2.24. The maximum atomic E-state index is 12.6. The molecule has 0 aliphatic carbocycles. The molecule has 0 aromatic heterocycles. The van der Waals surface area contributed by atoms with E-state index in [9.17, 15) is 13.2 Å². The summed E-state index contributed by atoms with van der Waals surface area (Å²) in [5.41, 5.74) is 0.850. The molecule has 7 nitrogen and oxygen atoms in total. The van der Waals surface area contributed by atoms with Gasteiger partial charge in [0.05, 0.1) is 4.90 Å². The fourth-order valence-corrected chi connectivity index (χ4v) is 3.65. The van der Waals surface area contributed by atoms with Gasteiger partial charge in [-0.1, -0.05) is 13.3 Å². The van der Waals surface area contributed by atoms with Crippen LogP contribution < -0.4 is 19.5 Å². The van der Waals surface area contributed by atoms with Crippen molar-refractivity contribution >= 4 is 21.6 Å². The van der Waals surface area contributed by atoms with E-state index in [2.05, 4.69) is 17.0 Å². The van der Waals surface area contributed by atoms with E-state index in [1.54, 1.807) is 30.3 Å². The first-order valence-electron chi connectivity index (χ1n) is 8.80. The van der Waals surface area contributed by atoms with Crippen molar-refractivity contribution in [2.75, 3.05) is 24.5 Å². The molecule has 0 radical (unpaired) electrons. The lowest BCUT2D eigenvalue weighted by molar-refractivity contribution is 0.0953. The second-order valence-electron chi connectivity index (χ2n) is 6.10. The average Bonchev–Trinajstić information content (AvgIpc) is 2.68. The number of amides is 1. The molecule has 2 aromatic carbocycles. The molecule has 0 fully saturated rings. The van der Waals surface area contributed by atoms with Crippen molar-refractivity contribution in [2.45, 2.75) is 24.7 Å². The van der Waals surface area contributed by atoms with Gasteiger partial charge in [-0.15, -0.1) is 0 Å². The number of rotatable bonds is 7. The van der Waals surface area contributed by atoms with Crippen LogP contribution in [0.2, 0.25) is 0 Å². The summed E-state index contributed by atoms with van der Waals surface area (Å²) in [5.74, 6) is 0.756. The van der Waals surface area contributed by atoms with Crippen LogP contribution in [0.1, 0.15) is 30.1 Å². The van der Waals surface area contributed by atoms with Crippen molar-refractivity contribution < 1.29 is 22.7 Å². The topological polar surface area (TPSA) is 93.7 Å². The van der Waals surface area contributed by atoms with Gasteiger partial charge in [-0.25, -0.2) is 8.42 Å². The van der Waals surface area contributed by atoms with Crippen LogP contribution in [0.3, 0.4) is 0 Å². The van der Waals surface area contributed by atoms with Crippen molar-refractivity contribution in [3.63, 3.8) is 0 Å². The van der Waals surface area contributed by atoms with Gasteiger partial charge in [0.15, 0.2) is 11.5 Å². The van der Waals surface area contributed by atoms with Crippen LogP contribution in [0.4, 0.5) is 5.69 Å². The Hall–Kier alpha value is -2.74. The van der Waals surface area contributed by atoms with Gasteiger partial charge in [-0.05, 0) is 42.8 Å². The molecule has 0 saturated carbocycles. The minimum atomic E-state index is -3.78. The molecule has 0 atom stereocenters. The first-order chi connectivity index (χ1) is 13.0. The molecular formula is C19H22N2O5S. The molecule has 27 heavy (non-hydrogen) atoms. The minimum absolute atomic E-state index is 0.0770. The largest absolute Gasteiger partial charge is 0.486 e. The van der Waals surface area contributed by atoms with Crippen molar-refractivity contribution in [3.05, 3.63) is 48.0 Å². The Bertz CT molecular complexity index is 910. The quantitative estimate of drug-likeness (QED) is 0.709. The molecule has 0 saturated heterocycles. The van der Waals surface area contributed by atoms with Crippen molar-refractivity contribution in [1.82, 2.24) is 5.32 Å². The number of hydrogen-bond acceptors (Lipinski definition) is 5. The Labute approximate surface area is 158 Å². The Kier molecular flexibility index (Phi) is 5.85. The number of nitrogens with one attached hydrogen (secondary N) is 2. The average molecular weight is 390 g/mol. The summed E-state index contributed by atoms with van der Waals surface area (Å²) in [6, 6.07) is 10.8. The zero-order valence-corrected chi connectivity index (χ0v) is 15.8. The molecule has 144 valence electrons. The van der Waals surface area contributed by atoms with E-state index in [1.165, 1.54) is 12.1 Å². The van der Waals surface area contributed by atoms with Crippen LogP contribution in [-0.2, 0) is 10.0 Å². The number of fused-ring (bicyclic) bond motifs is 1. The zero-order chi connectivity index (χ0) is 19.3. The van der Waals surface area contributed by atoms with E-state index < -0.39 is 10.0 Å². The fraction of sp³-hybridized carbons (Fsp3) is 0.316. The number of unbranched alkanes of at least 4 members (excludes halogenated alkanes) is 1. The third-order valence-electron chi connectivity index (χ3n) is 4.04. The van der Waals surface area contributed by atoms with Crippen LogP contribution in [-0.4, -0.2) is 34.1 Å².